The molecule has 2 aliphatic carbocycles. The lowest BCUT2D eigenvalue weighted by molar-refractivity contribution is -0.138. The van der Waals surface area contributed by atoms with Gasteiger partial charge in [-0.1, -0.05) is 6.92 Å². The lowest BCUT2D eigenvalue weighted by Gasteiger charge is -2.61. The van der Waals surface area contributed by atoms with E-state index < -0.39 is 11.8 Å². The van der Waals surface area contributed by atoms with Gasteiger partial charge in [0.25, 0.3) is 0 Å². The molecule has 17 heteroatoms. The van der Waals surface area contributed by atoms with Crippen LogP contribution in [0.5, 0.6) is 17.4 Å². The van der Waals surface area contributed by atoms with Crippen LogP contribution in [0, 0.1) is 28.4 Å². The number of hydrogen-bond acceptors (Lipinski definition) is 12. The van der Waals surface area contributed by atoms with Crippen LogP contribution in [0.2, 0.25) is 0 Å². The lowest BCUT2D eigenvalue weighted by atomic mass is 9.61. The number of aryl methyl sites for hydroxylation is 1. The van der Waals surface area contributed by atoms with Gasteiger partial charge in [0.1, 0.15) is 35.6 Å². The van der Waals surface area contributed by atoms with Crippen molar-refractivity contribution in [2.45, 2.75) is 69.9 Å². The molecule has 3 aromatic carbocycles. The predicted octanol–water partition coefficient (Wildman–Crippen LogP) is 7.40. The number of carbonyl (C=O) groups excluding carboxylic acids is 2. The van der Waals surface area contributed by atoms with Crippen LogP contribution < -0.4 is 24.4 Å². The van der Waals surface area contributed by atoms with Crippen molar-refractivity contribution < 1.29 is 27.8 Å². The fourth-order valence-electron chi connectivity index (χ4n) is 9.12. The van der Waals surface area contributed by atoms with E-state index in [0.29, 0.717) is 51.0 Å². The number of imide groups is 1. The van der Waals surface area contributed by atoms with E-state index in [2.05, 4.69) is 36.1 Å². The molecular weight excluding hydrogens is 779 g/mol. The van der Waals surface area contributed by atoms with E-state index in [1.807, 2.05) is 24.3 Å². The number of aromatic nitrogens is 4. The van der Waals surface area contributed by atoms with Crippen LogP contribution in [-0.4, -0.2) is 86.3 Å². The van der Waals surface area contributed by atoms with Crippen molar-refractivity contribution in [3.63, 3.8) is 0 Å². The number of benzene rings is 3. The molecule has 14 nitrogen and oxygen atoms in total. The van der Waals surface area contributed by atoms with Gasteiger partial charge in [0, 0.05) is 68.6 Å². The van der Waals surface area contributed by atoms with Gasteiger partial charge in [-0.25, -0.2) is 27.8 Å². The first kappa shape index (κ1) is 38.9. The Kier molecular flexibility index (Phi) is 10.3. The van der Waals surface area contributed by atoms with Gasteiger partial charge in [0.2, 0.25) is 11.8 Å². The van der Waals surface area contributed by atoms with Crippen LogP contribution in [-0.2, 0) is 11.8 Å². The molecule has 4 heterocycles. The molecule has 4 aliphatic rings. The number of halogens is 2. The standard InChI is InChI=1S/C42H44F2N10O4S/c1-4-51(2)59-50-35-12-10-32(43)38(31(35)20-45)57-26-9-11-34-29(15-26)40(47-23-46-34)58-27-18-42(19-27)21-53(22-42)25-7-5-24(6-8-25)28-17-36-30(16-33(28)44)39(49-52(36)3)54-14-13-37(55)48-41(54)56/h9-12,15-17,23-25,27,50H,4-8,13-14,18-19,21-22H2,1-3H3,(H,48,55,56). The highest BCUT2D eigenvalue weighted by atomic mass is 32.2. The number of nitrogens with zero attached hydrogens (tertiary/aromatic N) is 8. The van der Waals surface area contributed by atoms with Crippen LogP contribution in [0.1, 0.15) is 68.9 Å². The highest BCUT2D eigenvalue weighted by Gasteiger charge is 2.55. The highest BCUT2D eigenvalue weighted by molar-refractivity contribution is 7.98. The maximum atomic E-state index is 15.7. The Labute approximate surface area is 344 Å². The maximum Gasteiger partial charge on any atom is 0.329 e. The summed E-state index contributed by atoms with van der Waals surface area (Å²) in [7, 11) is 3.69. The molecule has 0 radical (unpaired) electrons. The van der Waals surface area contributed by atoms with Crippen molar-refractivity contribution in [2.75, 3.05) is 42.8 Å². The fraction of sp³-hybridized carbons (Fsp3) is 0.429. The summed E-state index contributed by atoms with van der Waals surface area (Å²) in [6.07, 6.45) is 7.22. The first-order valence-electron chi connectivity index (χ1n) is 20.0. The van der Waals surface area contributed by atoms with Gasteiger partial charge in [0.15, 0.2) is 17.4 Å². The van der Waals surface area contributed by atoms with E-state index in [4.69, 9.17) is 9.47 Å². The summed E-state index contributed by atoms with van der Waals surface area (Å²) >= 11 is 1.30. The van der Waals surface area contributed by atoms with Crippen LogP contribution in [0.15, 0.2) is 48.8 Å². The van der Waals surface area contributed by atoms with E-state index in [0.717, 1.165) is 63.7 Å². The minimum atomic E-state index is -0.650. The third kappa shape index (κ3) is 7.38. The summed E-state index contributed by atoms with van der Waals surface area (Å²) in [5, 5.41) is 18.0. The number of nitrogens with one attached hydrogen (secondary N) is 2. The summed E-state index contributed by atoms with van der Waals surface area (Å²) < 4.78 is 50.0. The van der Waals surface area contributed by atoms with Crippen molar-refractivity contribution >= 4 is 57.4 Å². The molecule has 4 fully saturated rings. The average molecular weight is 823 g/mol. The summed E-state index contributed by atoms with van der Waals surface area (Å²) in [5.41, 5.74) is 2.82. The second-order valence-electron chi connectivity index (χ2n) is 16.2. The van der Waals surface area contributed by atoms with Gasteiger partial charge in [-0.05, 0) is 99.5 Å². The van der Waals surface area contributed by atoms with E-state index >= 15 is 8.78 Å². The minimum Gasteiger partial charge on any atom is -0.474 e. The Morgan fingerprint density at radius 1 is 1.05 bits per heavy atom. The van der Waals surface area contributed by atoms with E-state index in [9.17, 15) is 14.9 Å². The number of fused-ring (bicyclic) bond motifs is 2. The normalized spacial score (nSPS) is 20.7. The summed E-state index contributed by atoms with van der Waals surface area (Å²) in [6, 6.07) is 13.3. The molecule has 0 unspecified atom stereocenters. The highest BCUT2D eigenvalue weighted by Crippen LogP contribution is 2.52. The van der Waals surface area contributed by atoms with Crippen molar-refractivity contribution in [3.05, 3.63) is 71.6 Å². The van der Waals surface area contributed by atoms with Crippen LogP contribution in [0.3, 0.4) is 0 Å². The molecule has 2 aliphatic heterocycles. The van der Waals surface area contributed by atoms with Gasteiger partial charge in [-0.3, -0.25) is 24.6 Å². The molecule has 5 aromatic rings. The van der Waals surface area contributed by atoms with Crippen molar-refractivity contribution in [2.24, 2.45) is 12.5 Å². The molecule has 2 N–H and O–H groups in total. The van der Waals surface area contributed by atoms with Crippen molar-refractivity contribution in [1.29, 1.82) is 5.26 Å². The summed E-state index contributed by atoms with van der Waals surface area (Å²) in [6.45, 7) is 4.99. The third-order valence-corrected chi connectivity index (χ3v) is 13.2. The molecule has 59 heavy (non-hydrogen) atoms. The number of hydrogen-bond donors (Lipinski definition) is 2. The Morgan fingerprint density at radius 3 is 2.59 bits per heavy atom. The molecule has 9 rings (SSSR count). The monoisotopic (exact) mass is 822 g/mol. The molecule has 0 atom stereocenters. The van der Waals surface area contributed by atoms with Gasteiger partial charge in [0.05, 0.1) is 22.1 Å². The van der Waals surface area contributed by atoms with Crippen LogP contribution >= 0.6 is 12.1 Å². The fourth-order valence-corrected chi connectivity index (χ4v) is 9.67. The third-order valence-electron chi connectivity index (χ3n) is 12.4. The zero-order chi connectivity index (χ0) is 41.0. The number of carbonyl (C=O) groups is 2. The van der Waals surface area contributed by atoms with Gasteiger partial charge < -0.3 is 14.2 Å². The van der Waals surface area contributed by atoms with Gasteiger partial charge in [-0.15, -0.1) is 0 Å². The zero-order valence-electron chi connectivity index (χ0n) is 33.0. The molecule has 2 saturated heterocycles. The number of nitriles is 1. The lowest BCUT2D eigenvalue weighted by Crippen LogP contribution is -2.67. The van der Waals surface area contributed by atoms with Crippen molar-refractivity contribution in [3.8, 4) is 23.4 Å². The molecule has 3 amide bonds. The van der Waals surface area contributed by atoms with Crippen molar-refractivity contribution in [1.82, 2.24) is 34.3 Å². The largest absolute Gasteiger partial charge is 0.474 e. The van der Waals surface area contributed by atoms with E-state index in [1.54, 1.807) is 29.9 Å². The number of ether oxygens (including phenoxy) is 2. The Bertz CT molecular complexity index is 2510. The zero-order valence-corrected chi connectivity index (χ0v) is 33.8. The molecule has 0 bridgehead atoms. The van der Waals surface area contributed by atoms with Gasteiger partial charge in [-0.2, -0.15) is 10.4 Å². The first-order chi connectivity index (χ1) is 28.5. The topological polar surface area (TPSA) is 154 Å². The minimum absolute atomic E-state index is 0.00287. The Hall–Kier alpha value is -5.57. The Balaban J connectivity index is 0.800. The number of urea groups is 1. The quantitative estimate of drug-likeness (QED) is 0.128. The number of likely N-dealkylation sites (tertiary alicyclic amines) is 1. The number of rotatable bonds is 11. The van der Waals surface area contributed by atoms with E-state index in [1.165, 1.54) is 41.6 Å². The maximum absolute atomic E-state index is 15.7. The van der Waals surface area contributed by atoms with Crippen LogP contribution in [0.25, 0.3) is 21.8 Å². The molecular formula is C42H44F2N10O4S. The second kappa shape index (κ2) is 15.6. The SMILES string of the molecule is CCN(C)SNc1ccc(F)c(Oc2ccc3ncnc(OC4CC5(C4)CN(C4CCC(c6cc7c(cc6F)c(N6CCC(=O)NC6=O)nn7C)CC4)C5)c3c2)c1C#N. The van der Waals surface area contributed by atoms with E-state index in [-0.39, 0.29) is 53.4 Å². The smallest absolute Gasteiger partial charge is 0.329 e. The Morgan fingerprint density at radius 2 is 1.85 bits per heavy atom. The summed E-state index contributed by atoms with van der Waals surface area (Å²) in [5.74, 6) is -0.215. The first-order valence-corrected chi connectivity index (χ1v) is 20.8. The van der Waals surface area contributed by atoms with Crippen LogP contribution in [0.4, 0.5) is 25.1 Å². The second-order valence-corrected chi connectivity index (χ2v) is 17.2. The molecule has 2 saturated carbocycles. The summed E-state index contributed by atoms with van der Waals surface area (Å²) in [4.78, 5) is 37.0. The molecule has 1 spiro atoms. The molecule has 2 aromatic heterocycles. The average Bonchev–Trinajstić information content (AvgIpc) is 3.52. The number of amides is 3. The van der Waals surface area contributed by atoms with Gasteiger partial charge >= 0.3 is 6.03 Å². The predicted molar refractivity (Wildman–Crippen MR) is 219 cm³/mol. The molecule has 306 valence electrons. The number of anilines is 2.